The minimum Gasteiger partial charge on any atom is -0.455 e. The molecule has 15 rings (SSSR count). The molecule has 1 aliphatic carbocycles. The van der Waals surface area contributed by atoms with E-state index in [1.165, 1.54) is 88.7 Å². The van der Waals surface area contributed by atoms with Crippen molar-refractivity contribution in [2.75, 3.05) is 0 Å². The van der Waals surface area contributed by atoms with Crippen LogP contribution < -0.4 is 0 Å². The number of benzene rings is 12. The molecule has 0 atom stereocenters. The van der Waals surface area contributed by atoms with Gasteiger partial charge in [0.05, 0.1) is 22.1 Å². The summed E-state index contributed by atoms with van der Waals surface area (Å²) < 4.78 is 9.52. The van der Waals surface area contributed by atoms with Crippen LogP contribution in [0.3, 0.4) is 0 Å². The zero-order valence-corrected chi connectivity index (χ0v) is 41.0. The summed E-state index contributed by atoms with van der Waals surface area (Å²) >= 11 is 0. The molecular formula is C73H47NO. The third-order valence-corrected chi connectivity index (χ3v) is 15.9. The zero-order chi connectivity index (χ0) is 49.5. The summed E-state index contributed by atoms with van der Waals surface area (Å²) in [4.78, 5) is 0. The highest BCUT2D eigenvalue weighted by Gasteiger charge is 2.47. The second kappa shape index (κ2) is 17.2. The van der Waals surface area contributed by atoms with Gasteiger partial charge in [-0.3, -0.25) is 0 Å². The van der Waals surface area contributed by atoms with Crippen LogP contribution in [0.5, 0.6) is 0 Å². The number of rotatable bonds is 8. The molecule has 0 spiro atoms. The highest BCUT2D eigenvalue weighted by Crippen LogP contribution is 2.58. The molecule has 1 aliphatic rings. The van der Waals surface area contributed by atoms with Crippen LogP contribution in [0.15, 0.2) is 290 Å². The molecule has 0 saturated carbocycles. The number of nitrogens with zero attached hydrogens (tertiary/aromatic N) is 1. The van der Waals surface area contributed by atoms with E-state index in [2.05, 4.69) is 290 Å². The SMILES string of the molecule is c1ccc(-c2ccccc2-c2ccc3c(c2)c2cc(-c4ccccc4-c4ccccc4)ccc2n3-c2cc3c(cc2-c2cccc4c2oc2ccccc24)-c2ccccc2C3(c2ccccc2)c2ccccc2)cc1. The summed E-state index contributed by atoms with van der Waals surface area (Å²) in [5, 5.41) is 4.57. The zero-order valence-electron chi connectivity index (χ0n) is 41.0. The lowest BCUT2D eigenvalue weighted by Crippen LogP contribution is -2.28. The Morgan fingerprint density at radius 3 is 1.29 bits per heavy atom. The first kappa shape index (κ1) is 42.9. The first-order chi connectivity index (χ1) is 37.2. The van der Waals surface area contributed by atoms with E-state index in [9.17, 15) is 0 Å². The fourth-order valence-electron chi connectivity index (χ4n) is 12.7. The lowest BCUT2D eigenvalue weighted by atomic mass is 9.67. The van der Waals surface area contributed by atoms with Crippen LogP contribution >= 0.6 is 0 Å². The molecule has 0 saturated heterocycles. The van der Waals surface area contributed by atoms with Gasteiger partial charge in [-0.1, -0.05) is 243 Å². The second-order valence-electron chi connectivity index (χ2n) is 19.8. The predicted molar refractivity (Wildman–Crippen MR) is 313 cm³/mol. The Labute approximate surface area is 435 Å². The molecule has 2 heterocycles. The highest BCUT2D eigenvalue weighted by molar-refractivity contribution is 6.15. The number of hydrogen-bond donors (Lipinski definition) is 0. The number of aromatic nitrogens is 1. The minimum atomic E-state index is -0.617. The first-order valence-electron chi connectivity index (χ1n) is 25.9. The van der Waals surface area contributed by atoms with E-state index in [0.29, 0.717) is 0 Å². The average molecular weight is 954 g/mol. The van der Waals surface area contributed by atoms with Crippen molar-refractivity contribution in [3.8, 4) is 72.4 Å². The van der Waals surface area contributed by atoms with Crippen LogP contribution in [-0.2, 0) is 5.41 Å². The van der Waals surface area contributed by atoms with Crippen LogP contribution in [-0.4, -0.2) is 4.57 Å². The molecule has 0 amide bonds. The van der Waals surface area contributed by atoms with Crippen molar-refractivity contribution in [3.05, 3.63) is 307 Å². The van der Waals surface area contributed by atoms with Crippen LogP contribution in [0, 0.1) is 0 Å². The summed E-state index contributed by atoms with van der Waals surface area (Å²) in [6.07, 6.45) is 0. The van der Waals surface area contributed by atoms with E-state index in [1.54, 1.807) is 0 Å². The van der Waals surface area contributed by atoms with E-state index in [0.717, 1.165) is 49.8 Å². The quantitative estimate of drug-likeness (QED) is 0.148. The standard InChI is InChI=1S/C73H47NO/c1-5-22-48(23-6-1)54-30-13-15-32-56(54)50-40-42-68-63(44-50)64-45-51(57-33-16-14-31-55(57)49-24-7-2-8-25-49)41-43-69(64)74(68)70-47-67-62(46-65(70)61-37-21-36-60-59-35-18-20-39-71(59)75-72(60)61)58-34-17-19-38-66(58)73(67,52-26-9-3-10-27-52)53-28-11-4-12-29-53/h1-47H. The third kappa shape index (κ3) is 6.60. The van der Waals surface area contributed by atoms with Crippen LogP contribution in [0.2, 0.25) is 0 Å². The van der Waals surface area contributed by atoms with Gasteiger partial charge in [0.25, 0.3) is 0 Å². The fraction of sp³-hybridized carbons (Fsp3) is 0.0137. The third-order valence-electron chi connectivity index (χ3n) is 15.9. The van der Waals surface area contributed by atoms with Gasteiger partial charge in [-0.2, -0.15) is 0 Å². The van der Waals surface area contributed by atoms with E-state index < -0.39 is 5.41 Å². The average Bonchev–Trinajstić information content (AvgIpc) is 4.19. The molecule has 0 N–H and O–H groups in total. The van der Waals surface area contributed by atoms with E-state index >= 15 is 0 Å². The van der Waals surface area contributed by atoms with Crippen molar-refractivity contribution in [1.29, 1.82) is 0 Å². The van der Waals surface area contributed by atoms with E-state index in [1.807, 2.05) is 0 Å². The van der Waals surface area contributed by atoms with Crippen molar-refractivity contribution in [3.63, 3.8) is 0 Å². The Bertz CT molecular complexity index is 4330. The van der Waals surface area contributed by atoms with Crippen LogP contribution in [0.25, 0.3) is 116 Å². The summed E-state index contributed by atoms with van der Waals surface area (Å²) in [7, 11) is 0. The Balaban J connectivity index is 1.08. The molecule has 0 fully saturated rings. The molecule has 0 radical (unpaired) electrons. The van der Waals surface area contributed by atoms with Gasteiger partial charge in [0.15, 0.2) is 0 Å². The van der Waals surface area contributed by atoms with Gasteiger partial charge in [-0.25, -0.2) is 0 Å². The molecule has 75 heavy (non-hydrogen) atoms. The number of hydrogen-bond acceptors (Lipinski definition) is 1. The van der Waals surface area contributed by atoms with E-state index in [4.69, 9.17) is 4.42 Å². The smallest absolute Gasteiger partial charge is 0.143 e. The summed E-state index contributed by atoms with van der Waals surface area (Å²) in [5.41, 5.74) is 23.6. The van der Waals surface area contributed by atoms with Gasteiger partial charge in [0.2, 0.25) is 0 Å². The van der Waals surface area contributed by atoms with Crippen molar-refractivity contribution < 1.29 is 4.42 Å². The molecule has 2 nitrogen and oxygen atoms in total. The molecule has 12 aromatic carbocycles. The molecule has 0 bridgehead atoms. The van der Waals surface area contributed by atoms with Gasteiger partial charge < -0.3 is 8.98 Å². The van der Waals surface area contributed by atoms with Crippen LogP contribution in [0.1, 0.15) is 22.3 Å². The maximum atomic E-state index is 6.97. The number of fused-ring (bicyclic) bond motifs is 9. The van der Waals surface area contributed by atoms with Gasteiger partial charge >= 0.3 is 0 Å². The number of para-hydroxylation sites is 2. The maximum absolute atomic E-state index is 6.97. The largest absolute Gasteiger partial charge is 0.455 e. The fourth-order valence-corrected chi connectivity index (χ4v) is 12.7. The van der Waals surface area contributed by atoms with Gasteiger partial charge in [-0.15, -0.1) is 0 Å². The lowest BCUT2D eigenvalue weighted by Gasteiger charge is -2.34. The van der Waals surface area contributed by atoms with E-state index in [-0.39, 0.29) is 0 Å². The van der Waals surface area contributed by atoms with Gasteiger partial charge in [-0.05, 0) is 120 Å². The topological polar surface area (TPSA) is 18.1 Å². The minimum absolute atomic E-state index is 0.617. The van der Waals surface area contributed by atoms with Crippen molar-refractivity contribution in [2.45, 2.75) is 5.41 Å². The maximum Gasteiger partial charge on any atom is 0.143 e. The Hall–Kier alpha value is -9.76. The molecule has 2 aromatic heterocycles. The summed E-state index contributed by atoms with van der Waals surface area (Å²) in [6.45, 7) is 0. The second-order valence-corrected chi connectivity index (χ2v) is 19.8. The summed E-state index contributed by atoms with van der Waals surface area (Å²) in [5.74, 6) is 0. The van der Waals surface area contributed by atoms with Crippen molar-refractivity contribution in [1.82, 2.24) is 4.57 Å². The van der Waals surface area contributed by atoms with Crippen molar-refractivity contribution in [2.24, 2.45) is 0 Å². The normalized spacial score (nSPS) is 12.6. The summed E-state index contributed by atoms with van der Waals surface area (Å²) in [6, 6.07) is 105. The highest BCUT2D eigenvalue weighted by atomic mass is 16.3. The van der Waals surface area contributed by atoms with Crippen LogP contribution in [0.4, 0.5) is 0 Å². The predicted octanol–water partition coefficient (Wildman–Crippen LogP) is 19.4. The molecule has 0 unspecified atom stereocenters. The molecule has 14 aromatic rings. The number of furan rings is 1. The monoisotopic (exact) mass is 953 g/mol. The first-order valence-corrected chi connectivity index (χ1v) is 25.9. The molecule has 0 aliphatic heterocycles. The van der Waals surface area contributed by atoms with Crippen molar-refractivity contribution >= 4 is 43.7 Å². The Kier molecular flexibility index (Phi) is 9.83. The molecular weight excluding hydrogens is 907 g/mol. The van der Waals surface area contributed by atoms with Gasteiger partial charge in [0.1, 0.15) is 11.2 Å². The Morgan fingerprint density at radius 2 is 0.720 bits per heavy atom. The Morgan fingerprint density at radius 1 is 0.267 bits per heavy atom. The lowest BCUT2D eigenvalue weighted by molar-refractivity contribution is 0.670. The molecule has 350 valence electrons. The molecule has 2 heteroatoms. The van der Waals surface area contributed by atoms with Gasteiger partial charge in [0, 0.05) is 32.7 Å².